The van der Waals surface area contributed by atoms with E-state index in [-0.39, 0.29) is 11.7 Å². The zero-order chi connectivity index (χ0) is 16.3. The first-order valence-electron chi connectivity index (χ1n) is 7.16. The van der Waals surface area contributed by atoms with Gasteiger partial charge in [0.15, 0.2) is 11.5 Å². The summed E-state index contributed by atoms with van der Waals surface area (Å²) in [5.41, 5.74) is 0.929. The summed E-state index contributed by atoms with van der Waals surface area (Å²) in [5, 5.41) is 0. The molecule has 23 heavy (non-hydrogen) atoms. The summed E-state index contributed by atoms with van der Waals surface area (Å²) in [6.45, 7) is 0.746. The van der Waals surface area contributed by atoms with Crippen molar-refractivity contribution in [3.05, 3.63) is 54.1 Å². The van der Waals surface area contributed by atoms with Gasteiger partial charge >= 0.3 is 0 Å². The highest BCUT2D eigenvalue weighted by atomic mass is 32.2. The summed E-state index contributed by atoms with van der Waals surface area (Å²) < 4.78 is 37.8. The van der Waals surface area contributed by atoms with Crippen molar-refractivity contribution in [2.45, 2.75) is 11.4 Å². The van der Waals surface area contributed by atoms with Crippen LogP contribution >= 0.6 is 12.6 Å². The Bertz CT molecular complexity index is 778. The second kappa shape index (κ2) is 6.82. The summed E-state index contributed by atoms with van der Waals surface area (Å²) in [5.74, 6) is 1.46. The summed E-state index contributed by atoms with van der Waals surface area (Å²) >= 11 is 4.18. The Balaban J connectivity index is 1.91. The van der Waals surface area contributed by atoms with Gasteiger partial charge in [-0.25, -0.2) is 8.42 Å². The van der Waals surface area contributed by atoms with Gasteiger partial charge in [-0.1, -0.05) is 30.3 Å². The van der Waals surface area contributed by atoms with E-state index in [1.165, 1.54) is 10.4 Å². The molecule has 0 atom stereocenters. The quantitative estimate of drug-likeness (QED) is 0.813. The van der Waals surface area contributed by atoms with E-state index in [0.717, 1.165) is 5.56 Å². The van der Waals surface area contributed by atoms with Crippen LogP contribution in [-0.4, -0.2) is 31.8 Å². The van der Waals surface area contributed by atoms with Crippen molar-refractivity contribution in [2.24, 2.45) is 0 Å². The minimum Gasteiger partial charge on any atom is -0.454 e. The topological polar surface area (TPSA) is 55.8 Å². The molecule has 0 aromatic heterocycles. The molecule has 1 aliphatic heterocycles. The Morgan fingerprint density at radius 1 is 1.04 bits per heavy atom. The normalized spacial score (nSPS) is 13.5. The van der Waals surface area contributed by atoms with Crippen molar-refractivity contribution >= 4 is 22.7 Å². The Labute approximate surface area is 141 Å². The average molecular weight is 351 g/mol. The summed E-state index contributed by atoms with van der Waals surface area (Å²) in [6.07, 6.45) is 0. The molecule has 0 spiro atoms. The van der Waals surface area contributed by atoms with Gasteiger partial charge in [0.05, 0.1) is 4.90 Å². The van der Waals surface area contributed by atoms with Crippen LogP contribution in [-0.2, 0) is 16.6 Å². The van der Waals surface area contributed by atoms with Crippen LogP contribution < -0.4 is 9.47 Å². The number of hydrogen-bond acceptors (Lipinski definition) is 5. The average Bonchev–Trinajstić information content (AvgIpc) is 3.03. The third-order valence-corrected chi connectivity index (χ3v) is 5.57. The molecule has 5 nitrogen and oxygen atoms in total. The van der Waals surface area contributed by atoms with E-state index in [1.807, 2.05) is 30.3 Å². The van der Waals surface area contributed by atoms with E-state index in [1.54, 1.807) is 12.1 Å². The van der Waals surface area contributed by atoms with Crippen molar-refractivity contribution in [3.63, 3.8) is 0 Å². The molecule has 1 heterocycles. The van der Waals surface area contributed by atoms with E-state index in [9.17, 15) is 8.42 Å². The molecule has 0 bridgehead atoms. The van der Waals surface area contributed by atoms with Crippen LogP contribution in [0.2, 0.25) is 0 Å². The van der Waals surface area contributed by atoms with Crippen molar-refractivity contribution in [2.75, 3.05) is 19.1 Å². The van der Waals surface area contributed by atoms with Gasteiger partial charge in [-0.15, -0.1) is 0 Å². The molecule has 2 aromatic rings. The molecule has 7 heteroatoms. The Kier molecular flexibility index (Phi) is 4.79. The molecule has 3 rings (SSSR count). The molecule has 0 saturated carbocycles. The number of sulfonamides is 1. The monoisotopic (exact) mass is 351 g/mol. The molecule has 0 amide bonds. The maximum Gasteiger partial charge on any atom is 0.243 e. The maximum atomic E-state index is 12.9. The number of nitrogens with zero attached hydrogens (tertiary/aromatic N) is 1. The van der Waals surface area contributed by atoms with Crippen molar-refractivity contribution in [3.8, 4) is 11.5 Å². The highest BCUT2D eigenvalue weighted by Crippen LogP contribution is 2.34. The van der Waals surface area contributed by atoms with Gasteiger partial charge in [0.2, 0.25) is 16.8 Å². The zero-order valence-corrected chi connectivity index (χ0v) is 14.1. The largest absolute Gasteiger partial charge is 0.454 e. The lowest BCUT2D eigenvalue weighted by atomic mass is 10.2. The minimum absolute atomic E-state index is 0.114. The predicted octanol–water partition coefficient (Wildman–Crippen LogP) is 2.54. The van der Waals surface area contributed by atoms with E-state index in [4.69, 9.17) is 9.47 Å². The van der Waals surface area contributed by atoms with Crippen LogP contribution in [0.3, 0.4) is 0 Å². The first-order valence-corrected chi connectivity index (χ1v) is 9.23. The van der Waals surface area contributed by atoms with E-state index >= 15 is 0 Å². The Morgan fingerprint density at radius 2 is 1.78 bits per heavy atom. The van der Waals surface area contributed by atoms with Crippen molar-refractivity contribution in [1.82, 2.24) is 4.31 Å². The summed E-state index contributed by atoms with van der Waals surface area (Å²) in [6, 6.07) is 14.2. The van der Waals surface area contributed by atoms with Crippen LogP contribution in [0.1, 0.15) is 5.56 Å². The van der Waals surface area contributed by atoms with Crippen molar-refractivity contribution < 1.29 is 17.9 Å². The van der Waals surface area contributed by atoms with Crippen molar-refractivity contribution in [1.29, 1.82) is 0 Å². The van der Waals surface area contributed by atoms with Gasteiger partial charge in [-0.2, -0.15) is 16.9 Å². The highest BCUT2D eigenvalue weighted by Gasteiger charge is 2.26. The molecule has 0 unspecified atom stereocenters. The first-order chi connectivity index (χ1) is 11.1. The molecule has 0 fully saturated rings. The van der Waals surface area contributed by atoms with Gasteiger partial charge in [0.25, 0.3) is 0 Å². The van der Waals surface area contributed by atoms with Gasteiger partial charge in [0, 0.05) is 24.9 Å². The van der Waals surface area contributed by atoms with E-state index in [0.29, 0.717) is 30.3 Å². The second-order valence-corrected chi connectivity index (χ2v) is 7.45. The highest BCUT2D eigenvalue weighted by molar-refractivity contribution is 7.89. The standard InChI is InChI=1S/C16H17NO4S2/c18-23(19,14-6-7-15-16(10-14)21-12-20-15)17(8-9-22)11-13-4-2-1-3-5-13/h1-7,10,22H,8-9,11-12H2. The van der Waals surface area contributed by atoms with Gasteiger partial charge in [-0.3, -0.25) is 0 Å². The van der Waals surface area contributed by atoms with Crippen LogP contribution in [0, 0.1) is 0 Å². The zero-order valence-electron chi connectivity index (χ0n) is 12.4. The third kappa shape index (κ3) is 3.46. The number of hydrogen-bond donors (Lipinski definition) is 1. The molecule has 0 N–H and O–H groups in total. The smallest absolute Gasteiger partial charge is 0.243 e. The van der Waals surface area contributed by atoms with Crippen LogP contribution in [0.15, 0.2) is 53.4 Å². The third-order valence-electron chi connectivity index (χ3n) is 3.53. The summed E-state index contributed by atoms with van der Waals surface area (Å²) in [7, 11) is -3.63. The lowest BCUT2D eigenvalue weighted by Gasteiger charge is -2.21. The van der Waals surface area contributed by atoms with Gasteiger partial charge in [-0.05, 0) is 17.7 Å². The number of ether oxygens (including phenoxy) is 2. The number of thiol groups is 1. The molecule has 1 aliphatic rings. The van der Waals surface area contributed by atoms with Crippen LogP contribution in [0.5, 0.6) is 11.5 Å². The SMILES string of the molecule is O=S(=O)(c1ccc2c(c1)OCO2)N(CCS)Cc1ccccc1. The summed E-state index contributed by atoms with van der Waals surface area (Å²) in [4.78, 5) is 0.194. The second-order valence-electron chi connectivity index (χ2n) is 5.06. The Morgan fingerprint density at radius 3 is 2.52 bits per heavy atom. The number of benzene rings is 2. The molecular formula is C16H17NO4S2. The first kappa shape index (κ1) is 16.2. The molecule has 0 radical (unpaired) electrons. The minimum atomic E-state index is -3.63. The van der Waals surface area contributed by atoms with Crippen LogP contribution in [0.25, 0.3) is 0 Å². The fourth-order valence-electron chi connectivity index (χ4n) is 2.37. The van der Waals surface area contributed by atoms with Crippen LogP contribution in [0.4, 0.5) is 0 Å². The molecule has 2 aromatic carbocycles. The molecule has 122 valence electrons. The predicted molar refractivity (Wildman–Crippen MR) is 90.5 cm³/mol. The lowest BCUT2D eigenvalue weighted by molar-refractivity contribution is 0.174. The fourth-order valence-corrected chi connectivity index (χ4v) is 4.19. The Hall–Kier alpha value is -1.70. The molecule has 0 aliphatic carbocycles. The van der Waals surface area contributed by atoms with E-state index in [2.05, 4.69) is 12.6 Å². The van der Waals surface area contributed by atoms with Gasteiger partial charge < -0.3 is 9.47 Å². The number of fused-ring (bicyclic) bond motifs is 1. The molecular weight excluding hydrogens is 334 g/mol. The fraction of sp³-hybridized carbons (Fsp3) is 0.250. The number of rotatable bonds is 6. The van der Waals surface area contributed by atoms with Gasteiger partial charge in [0.1, 0.15) is 0 Å². The molecule has 0 saturated heterocycles. The lowest BCUT2D eigenvalue weighted by Crippen LogP contribution is -2.32. The van der Waals surface area contributed by atoms with E-state index < -0.39 is 10.0 Å². The maximum absolute atomic E-state index is 12.9.